The molecule has 0 aliphatic rings. The van der Waals surface area contributed by atoms with Crippen molar-refractivity contribution in [1.82, 2.24) is 9.71 Å². The summed E-state index contributed by atoms with van der Waals surface area (Å²) in [5.74, 6) is 0. The lowest BCUT2D eigenvalue weighted by molar-refractivity contribution is 0.184. The van der Waals surface area contributed by atoms with Gasteiger partial charge in [0.2, 0.25) is 0 Å². The Morgan fingerprint density at radius 3 is 2.32 bits per heavy atom. The number of nitrogens with one attached hydrogen (secondary N) is 2. The van der Waals surface area contributed by atoms with Crippen LogP contribution in [-0.2, 0) is 28.9 Å². The molecule has 0 aliphatic heterocycles. The van der Waals surface area contributed by atoms with Crippen LogP contribution < -0.4 is 4.72 Å². The highest BCUT2D eigenvalue weighted by molar-refractivity contribution is 7.83. The summed E-state index contributed by atoms with van der Waals surface area (Å²) in [5.41, 5.74) is 5.34. The van der Waals surface area contributed by atoms with Crippen molar-refractivity contribution >= 4 is 21.9 Å². The summed E-state index contributed by atoms with van der Waals surface area (Å²) in [6.07, 6.45) is 0. The molecule has 5 heteroatoms. The molecule has 1 unspecified atom stereocenters. The molecule has 1 heterocycles. The average Bonchev–Trinajstić information content (AvgIpc) is 3.12. The summed E-state index contributed by atoms with van der Waals surface area (Å²) in [6.45, 7) is 0.933. The van der Waals surface area contributed by atoms with Crippen molar-refractivity contribution in [2.45, 2.75) is 18.2 Å². The molecule has 1 aromatic heterocycles. The van der Waals surface area contributed by atoms with Gasteiger partial charge in [-0.1, -0.05) is 72.8 Å². The molecule has 3 aromatic carbocycles. The van der Waals surface area contributed by atoms with E-state index in [-0.39, 0.29) is 0 Å². The number of rotatable bonds is 7. The predicted octanol–water partition coefficient (Wildman–Crippen LogP) is 4.79. The van der Waals surface area contributed by atoms with Crippen molar-refractivity contribution < 1.29 is 8.95 Å². The fourth-order valence-corrected chi connectivity index (χ4v) is 4.33. The Hall–Kier alpha value is -2.73. The lowest BCUT2D eigenvalue weighted by atomic mass is 10.0. The van der Waals surface area contributed by atoms with Crippen LogP contribution in [0, 0.1) is 0 Å². The van der Waals surface area contributed by atoms with Crippen molar-refractivity contribution in [1.29, 1.82) is 0 Å². The van der Waals surface area contributed by atoms with Crippen LogP contribution >= 0.6 is 0 Å². The summed E-state index contributed by atoms with van der Waals surface area (Å²) < 4.78 is 21.3. The van der Waals surface area contributed by atoms with Crippen LogP contribution in [0.4, 0.5) is 0 Å². The Morgan fingerprint density at radius 1 is 0.893 bits per heavy atom. The van der Waals surface area contributed by atoms with Gasteiger partial charge in [-0.25, -0.2) is 8.93 Å². The first-order valence-electron chi connectivity index (χ1n) is 9.14. The van der Waals surface area contributed by atoms with Crippen molar-refractivity contribution in [2.24, 2.45) is 0 Å². The molecule has 4 nitrogen and oxygen atoms in total. The van der Waals surface area contributed by atoms with E-state index in [9.17, 15) is 4.21 Å². The molecule has 1 atom stereocenters. The quantitative estimate of drug-likeness (QED) is 0.476. The fourth-order valence-electron chi connectivity index (χ4n) is 3.29. The smallest absolute Gasteiger partial charge is 0.142 e. The third-order valence-electron chi connectivity index (χ3n) is 4.72. The van der Waals surface area contributed by atoms with E-state index < -0.39 is 11.0 Å². The number of aromatic nitrogens is 1. The maximum atomic E-state index is 12.9. The number of aromatic amines is 1. The molecule has 0 amide bonds. The topological polar surface area (TPSA) is 54.1 Å². The maximum absolute atomic E-state index is 12.9. The zero-order chi connectivity index (χ0) is 19.3. The number of ether oxygens (including phenoxy) is 1. The van der Waals surface area contributed by atoms with Gasteiger partial charge in [-0.3, -0.25) is 0 Å². The summed E-state index contributed by atoms with van der Waals surface area (Å²) in [6, 6.07) is 26.5. The molecular weight excluding hydrogens is 368 g/mol. The number of hydrogen-bond donors (Lipinski definition) is 2. The molecule has 0 fully saturated rings. The van der Waals surface area contributed by atoms with Crippen molar-refractivity contribution in [3.63, 3.8) is 0 Å². The molecule has 4 aromatic rings. The number of methoxy groups -OCH3 is 1. The number of para-hydroxylation sites is 1. The van der Waals surface area contributed by atoms with Gasteiger partial charge in [0.15, 0.2) is 0 Å². The molecule has 0 aliphatic carbocycles. The van der Waals surface area contributed by atoms with E-state index in [1.165, 1.54) is 11.1 Å². The van der Waals surface area contributed by atoms with Crippen LogP contribution in [0.5, 0.6) is 0 Å². The number of H-pyrrole nitrogens is 1. The first kappa shape index (κ1) is 18.6. The van der Waals surface area contributed by atoms with Gasteiger partial charge < -0.3 is 9.72 Å². The molecular formula is C23H22N2O2S. The van der Waals surface area contributed by atoms with E-state index in [1.807, 2.05) is 42.5 Å². The number of fused-ring (bicyclic) bond motifs is 1. The Bertz CT molecular complexity index is 1090. The third-order valence-corrected chi connectivity index (χ3v) is 5.84. The minimum atomic E-state index is -1.36. The minimum absolute atomic E-state index is 0.415. The molecule has 4 rings (SSSR count). The largest absolute Gasteiger partial charge is 0.380 e. The van der Waals surface area contributed by atoms with Crippen molar-refractivity contribution in [3.8, 4) is 11.1 Å². The molecule has 2 N–H and O–H groups in total. The molecule has 142 valence electrons. The van der Waals surface area contributed by atoms with E-state index in [0.29, 0.717) is 18.2 Å². The Kier molecular flexibility index (Phi) is 5.67. The van der Waals surface area contributed by atoms with Crippen LogP contribution in [0.25, 0.3) is 22.0 Å². The Morgan fingerprint density at radius 2 is 1.57 bits per heavy atom. The molecule has 0 saturated heterocycles. The normalized spacial score (nSPS) is 12.3. The number of benzene rings is 3. The van der Waals surface area contributed by atoms with Crippen LogP contribution in [-0.4, -0.2) is 16.3 Å². The predicted molar refractivity (Wildman–Crippen MR) is 114 cm³/mol. The molecule has 0 radical (unpaired) electrons. The van der Waals surface area contributed by atoms with Gasteiger partial charge in [-0.05, 0) is 22.8 Å². The van der Waals surface area contributed by atoms with Crippen molar-refractivity contribution in [2.75, 3.05) is 7.11 Å². The van der Waals surface area contributed by atoms with E-state index in [4.69, 9.17) is 4.74 Å². The first-order chi connectivity index (χ1) is 13.8. The van der Waals surface area contributed by atoms with Gasteiger partial charge in [0.1, 0.15) is 16.0 Å². The SMILES string of the molecule is COCc1c(S(=O)NCc2ccc(-c3ccccc3)cc2)[nH]c2ccccc12. The van der Waals surface area contributed by atoms with Gasteiger partial charge in [0.05, 0.1) is 6.61 Å². The second-order valence-corrected chi connectivity index (χ2v) is 7.80. The van der Waals surface area contributed by atoms with E-state index in [1.54, 1.807) is 7.11 Å². The lowest BCUT2D eigenvalue weighted by Gasteiger charge is -2.07. The van der Waals surface area contributed by atoms with Gasteiger partial charge in [0.25, 0.3) is 0 Å². The van der Waals surface area contributed by atoms with Crippen LogP contribution in [0.2, 0.25) is 0 Å². The standard InChI is InChI=1S/C23H22N2O2S/c1-27-16-21-20-9-5-6-10-22(20)25-23(21)28(26)24-15-17-11-13-19(14-12-17)18-7-3-2-4-8-18/h2-14,24-25H,15-16H2,1H3. The van der Waals surface area contributed by atoms with Gasteiger partial charge in [-0.2, -0.15) is 0 Å². The molecule has 0 spiro atoms. The Labute approximate surface area is 167 Å². The maximum Gasteiger partial charge on any atom is 0.142 e. The zero-order valence-corrected chi connectivity index (χ0v) is 16.5. The van der Waals surface area contributed by atoms with Crippen LogP contribution in [0.1, 0.15) is 11.1 Å². The van der Waals surface area contributed by atoms with E-state index in [2.05, 4.69) is 46.1 Å². The van der Waals surface area contributed by atoms with Gasteiger partial charge in [0, 0.05) is 30.1 Å². The zero-order valence-electron chi connectivity index (χ0n) is 15.6. The lowest BCUT2D eigenvalue weighted by Crippen LogP contribution is -2.18. The monoisotopic (exact) mass is 390 g/mol. The Balaban J connectivity index is 1.49. The highest BCUT2D eigenvalue weighted by Crippen LogP contribution is 2.25. The highest BCUT2D eigenvalue weighted by atomic mass is 32.2. The van der Waals surface area contributed by atoms with Crippen LogP contribution in [0.3, 0.4) is 0 Å². The third kappa shape index (κ3) is 3.92. The second-order valence-electron chi connectivity index (χ2n) is 6.56. The minimum Gasteiger partial charge on any atom is -0.380 e. The summed E-state index contributed by atoms with van der Waals surface area (Å²) >= 11 is 0. The van der Waals surface area contributed by atoms with Crippen molar-refractivity contribution in [3.05, 3.63) is 90.0 Å². The summed E-state index contributed by atoms with van der Waals surface area (Å²) in [7, 11) is 0.293. The van der Waals surface area contributed by atoms with Crippen LogP contribution in [0.15, 0.2) is 83.9 Å². The fraction of sp³-hybridized carbons (Fsp3) is 0.130. The summed E-state index contributed by atoms with van der Waals surface area (Å²) in [4.78, 5) is 3.27. The van der Waals surface area contributed by atoms with E-state index >= 15 is 0 Å². The number of hydrogen-bond acceptors (Lipinski definition) is 2. The highest BCUT2D eigenvalue weighted by Gasteiger charge is 2.16. The van der Waals surface area contributed by atoms with Gasteiger partial charge in [-0.15, -0.1) is 0 Å². The molecule has 0 saturated carbocycles. The average molecular weight is 391 g/mol. The summed E-state index contributed by atoms with van der Waals surface area (Å²) in [5, 5.41) is 1.71. The molecule has 0 bridgehead atoms. The van der Waals surface area contributed by atoms with Gasteiger partial charge >= 0.3 is 0 Å². The molecule has 28 heavy (non-hydrogen) atoms. The van der Waals surface area contributed by atoms with E-state index in [0.717, 1.165) is 22.0 Å². The first-order valence-corrected chi connectivity index (χ1v) is 10.3. The second kappa shape index (κ2) is 8.52.